The molecule has 0 aliphatic rings. The van der Waals surface area contributed by atoms with Crippen molar-refractivity contribution in [1.29, 1.82) is 0 Å². The minimum atomic E-state index is -4.22. The van der Waals surface area contributed by atoms with E-state index < -0.39 is 154 Å². The van der Waals surface area contributed by atoms with Crippen LogP contribution in [0.15, 0.2) is 84.9 Å². The normalized spacial score (nSPS) is 10.6. The Bertz CT molecular complexity index is 3800. The van der Waals surface area contributed by atoms with Crippen LogP contribution in [-0.4, -0.2) is 20.4 Å². The maximum Gasteiger partial charge on any atom is 0.416 e. The fraction of sp³-hybridized carbons (Fsp3) is 0.280. The predicted octanol–water partition coefficient (Wildman–Crippen LogP) is 22.8. The molecule has 9 aromatic rings. The molecule has 0 spiro atoms. The van der Waals surface area contributed by atoms with Gasteiger partial charge in [-0.15, -0.1) is 0 Å². The first kappa shape index (κ1) is 92.0. The van der Waals surface area contributed by atoms with E-state index in [0.717, 1.165) is 50.6 Å². The number of halogens is 24. The van der Waals surface area contributed by atoms with Gasteiger partial charge >= 0.3 is 12.4 Å². The van der Waals surface area contributed by atoms with Crippen molar-refractivity contribution in [2.24, 2.45) is 0 Å². The van der Waals surface area contributed by atoms with E-state index in [-0.39, 0.29) is 77.9 Å². The zero-order valence-electron chi connectivity index (χ0n) is 58.1. The third-order valence-corrected chi connectivity index (χ3v) is 15.4. The van der Waals surface area contributed by atoms with Gasteiger partial charge in [0.05, 0.1) is 30.9 Å². The van der Waals surface area contributed by atoms with E-state index >= 15 is 0 Å². The highest BCUT2D eigenvalue weighted by atomic mass is 19.4. The number of hydrogen-bond donors (Lipinski definition) is 4. The predicted molar refractivity (Wildman–Crippen MR) is 342 cm³/mol. The van der Waals surface area contributed by atoms with Crippen LogP contribution in [-0.2, 0) is 32.2 Å². The first-order valence-corrected chi connectivity index (χ1v) is 29.9. The molecule has 9 rings (SSSR count). The highest BCUT2D eigenvalue weighted by Gasteiger charge is 2.32. The van der Waals surface area contributed by atoms with E-state index in [0.29, 0.717) is 11.1 Å². The Morgan fingerprint density at radius 3 is 0.864 bits per heavy atom. The summed E-state index contributed by atoms with van der Waals surface area (Å²) in [6.07, 6.45) is -8.43. The molecule has 0 atom stereocenters. The smallest absolute Gasteiger partial charge is 0.416 e. The molecule has 4 nitrogen and oxygen atoms in total. The van der Waals surface area contributed by atoms with Crippen LogP contribution >= 0.6 is 0 Å². The van der Waals surface area contributed by atoms with Gasteiger partial charge in [-0.05, 0) is 191 Å². The van der Waals surface area contributed by atoms with E-state index in [9.17, 15) is 105 Å². The second-order valence-electron chi connectivity index (χ2n) is 22.7. The van der Waals surface area contributed by atoms with Crippen molar-refractivity contribution in [2.75, 3.05) is 0 Å². The van der Waals surface area contributed by atoms with Crippen molar-refractivity contribution in [3.63, 3.8) is 0 Å². The van der Waals surface area contributed by atoms with E-state index in [1.54, 1.807) is 26.8 Å². The number of aliphatic hydroxyl groups is 3. The van der Waals surface area contributed by atoms with Gasteiger partial charge in [0.2, 0.25) is 5.82 Å². The summed E-state index contributed by atoms with van der Waals surface area (Å²) >= 11 is 0. The largest absolute Gasteiger partial charge is 0.503 e. The van der Waals surface area contributed by atoms with Crippen LogP contribution < -0.4 is 0 Å². The van der Waals surface area contributed by atoms with Crippen LogP contribution in [0.1, 0.15) is 117 Å². The van der Waals surface area contributed by atoms with Crippen LogP contribution in [0, 0.1) is 215 Å². The van der Waals surface area contributed by atoms with Gasteiger partial charge in [-0.2, -0.15) is 30.7 Å². The molecule has 0 unspecified atom stereocenters. The lowest BCUT2D eigenvalue weighted by Gasteiger charge is -2.09. The van der Waals surface area contributed by atoms with E-state index in [1.807, 2.05) is 0 Å². The Balaban J connectivity index is 0.000000581. The molecular formula is C75H72F24O4. The molecule has 28 heteroatoms. The standard InChI is InChI=1S/3C9H9F3O.C8H6F4.C8H7F3O.2C8H7F3.C8H8F2.C8H10/c3*1-4-6(3-13)9(12)8(11)5(2)7(4)10;2*1-3-4(2)6(10)8(12)7(11)5(3)9;1-6-2-4-7(5-3-6)8(9,10)11;1-6-4-2-3-5-7(6)8(9,10)11;1-5-3-7(9)4-8(10)6(5)2;1-7-4-3-5-8(2)6-7/h3*13H,3H2,1-2H3;1-2H3;12H,1-2H3;2*2-5H,1H3;3-4H,1-2H3;3-6H,1-2H3. The summed E-state index contributed by atoms with van der Waals surface area (Å²) in [5.41, 5.74) is 1.03. The van der Waals surface area contributed by atoms with Crippen LogP contribution in [0.3, 0.4) is 0 Å². The van der Waals surface area contributed by atoms with Crippen molar-refractivity contribution in [2.45, 2.75) is 143 Å². The van der Waals surface area contributed by atoms with Crippen molar-refractivity contribution in [3.8, 4) is 5.75 Å². The molecule has 0 fully saturated rings. The number of phenols is 1. The molecule has 0 saturated carbocycles. The van der Waals surface area contributed by atoms with Crippen LogP contribution in [0.2, 0.25) is 0 Å². The number of hydrogen-bond acceptors (Lipinski definition) is 4. The van der Waals surface area contributed by atoms with E-state index in [2.05, 4.69) is 38.1 Å². The van der Waals surface area contributed by atoms with Crippen LogP contribution in [0.4, 0.5) is 105 Å². The molecule has 0 aromatic heterocycles. The van der Waals surface area contributed by atoms with Gasteiger partial charge in [-0.25, -0.2) is 74.6 Å². The summed E-state index contributed by atoms with van der Waals surface area (Å²) in [4.78, 5) is 0. The molecule has 564 valence electrons. The summed E-state index contributed by atoms with van der Waals surface area (Å²) in [5.74, 6) is -21.8. The Kier molecular flexibility index (Phi) is 35.9. The topological polar surface area (TPSA) is 80.9 Å². The highest BCUT2D eigenvalue weighted by Crippen LogP contribution is 2.33. The lowest BCUT2D eigenvalue weighted by Crippen LogP contribution is -2.06. The SMILES string of the molecule is Cc1c(C)c(F)c(F)c(F)c1F.Cc1c(C)c(F)c(F)c(O)c1F.Cc1c(F)c(C)c(CO)c(F)c1F.Cc1c(F)c(C)c(CO)c(F)c1F.Cc1c(F)c(C)c(CO)c(F)c1F.Cc1cc(F)cc(F)c1C.Cc1ccc(C(F)(F)F)cc1.Cc1cccc(C)c1.Cc1ccccc1C(F)(F)F. The monoisotopic (exact) mass is 1490 g/mol. The number of aliphatic hydroxyl groups excluding tert-OH is 3. The molecule has 103 heavy (non-hydrogen) atoms. The summed E-state index contributed by atoms with van der Waals surface area (Å²) in [7, 11) is 0. The van der Waals surface area contributed by atoms with Gasteiger partial charge in [0.15, 0.2) is 75.6 Å². The molecule has 9 aromatic carbocycles. The van der Waals surface area contributed by atoms with Gasteiger partial charge in [0, 0.05) is 39.4 Å². The molecule has 0 aliphatic heterocycles. The second-order valence-corrected chi connectivity index (χ2v) is 22.7. The number of aromatic hydroxyl groups is 1. The number of benzene rings is 9. The van der Waals surface area contributed by atoms with Crippen molar-refractivity contribution in [3.05, 3.63) is 306 Å². The molecular weight excluding hydrogens is 1420 g/mol. The molecule has 0 aliphatic carbocycles. The summed E-state index contributed by atoms with van der Waals surface area (Å²) in [5, 5.41) is 34.7. The minimum Gasteiger partial charge on any atom is -0.503 e. The van der Waals surface area contributed by atoms with Crippen LogP contribution in [0.25, 0.3) is 0 Å². The fourth-order valence-corrected chi connectivity index (χ4v) is 8.42. The molecule has 0 bridgehead atoms. The van der Waals surface area contributed by atoms with Gasteiger partial charge in [0.25, 0.3) is 0 Å². The second kappa shape index (κ2) is 40.1. The molecule has 4 N–H and O–H groups in total. The quantitative estimate of drug-likeness (QED) is 0.0807. The van der Waals surface area contributed by atoms with Crippen molar-refractivity contribution < 1.29 is 126 Å². The minimum absolute atomic E-state index is 0.0427. The lowest BCUT2D eigenvalue weighted by molar-refractivity contribution is -0.138. The Hall–Kier alpha value is -9.02. The van der Waals surface area contributed by atoms with Crippen molar-refractivity contribution in [1.82, 2.24) is 0 Å². The van der Waals surface area contributed by atoms with Crippen molar-refractivity contribution >= 4 is 0 Å². The van der Waals surface area contributed by atoms with Gasteiger partial charge in [-0.1, -0.05) is 71.3 Å². The summed E-state index contributed by atoms with van der Waals surface area (Å²) in [6, 6.07) is 21.2. The Morgan fingerprint density at radius 1 is 0.262 bits per heavy atom. The number of phenolic OH excluding ortho intramolecular Hbond substituents is 1. The first-order chi connectivity index (χ1) is 47.3. The highest BCUT2D eigenvalue weighted by molar-refractivity contribution is 5.40. The van der Waals surface area contributed by atoms with Crippen LogP contribution in [0.5, 0.6) is 5.75 Å². The lowest BCUT2D eigenvalue weighted by atomic mass is 10.0. The summed E-state index contributed by atoms with van der Waals surface area (Å²) < 4.78 is 302. The third-order valence-electron chi connectivity index (χ3n) is 15.4. The van der Waals surface area contributed by atoms with Gasteiger partial charge in [0.1, 0.15) is 29.1 Å². The Labute approximate surface area is 579 Å². The van der Waals surface area contributed by atoms with Gasteiger partial charge in [-0.3, -0.25) is 0 Å². The fourth-order valence-electron chi connectivity index (χ4n) is 8.42. The Morgan fingerprint density at radius 2 is 0.583 bits per heavy atom. The maximum absolute atomic E-state index is 13.1. The molecule has 0 amide bonds. The average Bonchev–Trinajstić information content (AvgIpc) is 0.823. The zero-order chi connectivity index (χ0) is 80.1. The van der Waals surface area contributed by atoms with Gasteiger partial charge < -0.3 is 20.4 Å². The number of rotatable bonds is 3. The molecule has 0 heterocycles. The number of aryl methyl sites for hydroxylation is 5. The zero-order valence-corrected chi connectivity index (χ0v) is 58.1. The first-order valence-electron chi connectivity index (χ1n) is 29.9. The van der Waals surface area contributed by atoms with E-state index in [1.165, 1.54) is 96.8 Å². The number of alkyl halides is 6. The average molecular weight is 1490 g/mol. The summed E-state index contributed by atoms with van der Waals surface area (Å²) in [6.45, 7) is 20.9. The maximum atomic E-state index is 13.1. The molecule has 0 saturated heterocycles. The van der Waals surface area contributed by atoms with E-state index in [4.69, 9.17) is 20.4 Å². The molecule has 0 radical (unpaired) electrons. The third kappa shape index (κ3) is 24.9.